The van der Waals surface area contributed by atoms with Gasteiger partial charge < -0.3 is 11.1 Å². The Hall–Kier alpha value is -1.81. The van der Waals surface area contributed by atoms with E-state index in [2.05, 4.69) is 5.32 Å². The lowest BCUT2D eigenvalue weighted by Gasteiger charge is -2.08. The van der Waals surface area contributed by atoms with Gasteiger partial charge in [-0.3, -0.25) is 4.79 Å². The number of amides is 1. The number of nitrogens with two attached hydrogens (primary N) is 1. The highest BCUT2D eigenvalue weighted by Gasteiger charge is 2.17. The van der Waals surface area contributed by atoms with Crippen LogP contribution in [0.2, 0.25) is 0 Å². The maximum absolute atomic E-state index is 12.3. The van der Waals surface area contributed by atoms with E-state index in [0.29, 0.717) is 11.4 Å². The van der Waals surface area contributed by atoms with Crippen LogP contribution in [0.1, 0.15) is 38.5 Å². The van der Waals surface area contributed by atoms with E-state index in [0.717, 1.165) is 23.3 Å². The highest BCUT2D eigenvalue weighted by atomic mass is 32.1. The Balaban J connectivity index is 1.82. The van der Waals surface area contributed by atoms with E-state index in [1.54, 1.807) is 11.3 Å². The normalized spacial score (nSPS) is 13.8. The molecule has 3 N–H and O–H groups in total. The molecular formula is C16H18N2OS. The Bertz CT molecular complexity index is 637. The van der Waals surface area contributed by atoms with Gasteiger partial charge in [-0.15, -0.1) is 11.3 Å². The molecular weight excluding hydrogens is 268 g/mol. The average Bonchev–Trinajstić information content (AvgIpc) is 2.87. The second-order valence-electron chi connectivity index (χ2n) is 5.31. The quantitative estimate of drug-likeness (QED) is 0.826. The fourth-order valence-electron chi connectivity index (χ4n) is 2.56. The molecule has 0 saturated carbocycles. The highest BCUT2D eigenvalue weighted by molar-refractivity contribution is 7.14. The van der Waals surface area contributed by atoms with Crippen molar-refractivity contribution in [3.8, 4) is 0 Å². The molecule has 20 heavy (non-hydrogen) atoms. The van der Waals surface area contributed by atoms with Gasteiger partial charge >= 0.3 is 0 Å². The van der Waals surface area contributed by atoms with Crippen molar-refractivity contribution in [2.75, 3.05) is 11.1 Å². The molecule has 4 heteroatoms. The van der Waals surface area contributed by atoms with Gasteiger partial charge in [0.15, 0.2) is 0 Å². The molecule has 0 unspecified atom stereocenters. The summed E-state index contributed by atoms with van der Waals surface area (Å²) in [6.45, 7) is 1.99. The number of anilines is 2. The zero-order chi connectivity index (χ0) is 14.1. The predicted molar refractivity (Wildman–Crippen MR) is 84.5 cm³/mol. The molecule has 1 aromatic carbocycles. The molecule has 1 aliphatic rings. The molecule has 0 atom stereocenters. The summed E-state index contributed by atoms with van der Waals surface area (Å²) in [4.78, 5) is 14.5. The zero-order valence-electron chi connectivity index (χ0n) is 11.5. The molecule has 1 amide bonds. The van der Waals surface area contributed by atoms with E-state index < -0.39 is 0 Å². The number of hydrogen-bond donors (Lipinski definition) is 2. The third-order valence-electron chi connectivity index (χ3n) is 3.68. The van der Waals surface area contributed by atoms with E-state index >= 15 is 0 Å². The number of aryl methyl sites for hydroxylation is 3. The Morgan fingerprint density at radius 2 is 2.05 bits per heavy atom. The van der Waals surface area contributed by atoms with Gasteiger partial charge in [-0.2, -0.15) is 0 Å². The predicted octanol–water partition coefficient (Wildman–Crippen LogP) is 3.77. The molecule has 0 bridgehead atoms. The molecule has 0 saturated heterocycles. The lowest BCUT2D eigenvalue weighted by molar-refractivity contribution is 0.103. The molecule has 3 rings (SSSR count). The molecule has 1 aliphatic carbocycles. The fourth-order valence-corrected chi connectivity index (χ4v) is 3.71. The monoisotopic (exact) mass is 286 g/mol. The first-order valence-corrected chi connectivity index (χ1v) is 7.74. The second-order valence-corrected chi connectivity index (χ2v) is 6.45. The maximum atomic E-state index is 12.3. The van der Waals surface area contributed by atoms with Gasteiger partial charge in [-0.05, 0) is 61.9 Å². The van der Waals surface area contributed by atoms with E-state index in [1.807, 2.05) is 31.2 Å². The highest BCUT2D eigenvalue weighted by Crippen LogP contribution is 2.30. The van der Waals surface area contributed by atoms with Crippen LogP contribution in [0.4, 0.5) is 11.4 Å². The van der Waals surface area contributed by atoms with Crippen molar-refractivity contribution >= 4 is 28.6 Å². The summed E-state index contributed by atoms with van der Waals surface area (Å²) in [5.41, 5.74) is 9.63. The number of fused-ring (bicyclic) bond motifs is 1. The summed E-state index contributed by atoms with van der Waals surface area (Å²) in [6, 6.07) is 7.71. The topological polar surface area (TPSA) is 55.1 Å². The van der Waals surface area contributed by atoms with Gasteiger partial charge in [0.1, 0.15) is 0 Å². The Kier molecular flexibility index (Phi) is 3.49. The van der Waals surface area contributed by atoms with Crippen LogP contribution in [0.25, 0.3) is 0 Å². The Morgan fingerprint density at radius 1 is 1.25 bits per heavy atom. The van der Waals surface area contributed by atoms with Crippen molar-refractivity contribution in [3.63, 3.8) is 0 Å². The van der Waals surface area contributed by atoms with Crippen LogP contribution in [-0.2, 0) is 12.8 Å². The van der Waals surface area contributed by atoms with Crippen molar-refractivity contribution in [2.45, 2.75) is 32.6 Å². The van der Waals surface area contributed by atoms with Crippen molar-refractivity contribution < 1.29 is 4.79 Å². The summed E-state index contributed by atoms with van der Waals surface area (Å²) in [7, 11) is 0. The van der Waals surface area contributed by atoms with E-state index in [4.69, 9.17) is 5.73 Å². The van der Waals surface area contributed by atoms with Crippen LogP contribution in [0, 0.1) is 6.92 Å². The number of nitrogen functional groups attached to an aromatic ring is 1. The first-order valence-electron chi connectivity index (χ1n) is 6.92. The lowest BCUT2D eigenvalue weighted by atomic mass is 9.99. The van der Waals surface area contributed by atoms with Crippen LogP contribution >= 0.6 is 11.3 Å². The van der Waals surface area contributed by atoms with Crippen molar-refractivity contribution in [3.05, 3.63) is 45.1 Å². The number of thiophene rings is 1. The van der Waals surface area contributed by atoms with Crippen LogP contribution < -0.4 is 11.1 Å². The number of benzene rings is 1. The summed E-state index contributed by atoms with van der Waals surface area (Å²) in [5, 5.41) is 2.92. The summed E-state index contributed by atoms with van der Waals surface area (Å²) >= 11 is 1.62. The van der Waals surface area contributed by atoms with E-state index in [9.17, 15) is 4.79 Å². The minimum Gasteiger partial charge on any atom is -0.397 e. The lowest BCUT2D eigenvalue weighted by Crippen LogP contribution is -2.11. The summed E-state index contributed by atoms with van der Waals surface area (Å²) < 4.78 is 0. The molecule has 1 aromatic heterocycles. The minimum atomic E-state index is -0.0540. The van der Waals surface area contributed by atoms with Crippen molar-refractivity contribution in [1.82, 2.24) is 0 Å². The Labute approximate surface area is 122 Å². The van der Waals surface area contributed by atoms with Gasteiger partial charge in [0.25, 0.3) is 5.91 Å². The molecule has 0 radical (unpaired) electrons. The van der Waals surface area contributed by atoms with Crippen LogP contribution in [0.3, 0.4) is 0 Å². The first kappa shape index (κ1) is 13.2. The van der Waals surface area contributed by atoms with Crippen LogP contribution in [0.15, 0.2) is 24.3 Å². The molecule has 3 nitrogen and oxygen atoms in total. The number of carbonyl (C=O) groups excluding carboxylic acids is 1. The molecule has 104 valence electrons. The third kappa shape index (κ3) is 2.56. The van der Waals surface area contributed by atoms with Crippen LogP contribution in [-0.4, -0.2) is 5.91 Å². The maximum Gasteiger partial charge on any atom is 0.265 e. The van der Waals surface area contributed by atoms with Gasteiger partial charge in [0.2, 0.25) is 0 Å². The summed E-state index contributed by atoms with van der Waals surface area (Å²) in [5.74, 6) is -0.0540. The largest absolute Gasteiger partial charge is 0.397 e. The molecule has 1 heterocycles. The van der Waals surface area contributed by atoms with Crippen molar-refractivity contribution in [1.29, 1.82) is 0 Å². The third-order valence-corrected chi connectivity index (χ3v) is 4.91. The minimum absolute atomic E-state index is 0.0540. The van der Waals surface area contributed by atoms with Gasteiger partial charge in [0.05, 0.1) is 16.3 Å². The van der Waals surface area contributed by atoms with Gasteiger partial charge in [-0.25, -0.2) is 0 Å². The Morgan fingerprint density at radius 3 is 2.85 bits per heavy atom. The molecule has 0 spiro atoms. The average molecular weight is 286 g/mol. The zero-order valence-corrected chi connectivity index (χ0v) is 12.3. The molecule has 2 aromatic rings. The van der Waals surface area contributed by atoms with Gasteiger partial charge in [0, 0.05) is 4.88 Å². The SMILES string of the molecule is Cc1ccc(N)c(NC(=O)c2cc3c(s2)CCCC3)c1. The smallest absolute Gasteiger partial charge is 0.265 e. The standard InChI is InChI=1S/C16H18N2OS/c1-10-6-7-12(17)13(8-10)18-16(19)15-9-11-4-2-3-5-14(11)20-15/h6-9H,2-5,17H2,1H3,(H,18,19). The number of nitrogens with one attached hydrogen (secondary N) is 1. The van der Waals surface area contributed by atoms with Crippen molar-refractivity contribution in [2.24, 2.45) is 0 Å². The number of rotatable bonds is 2. The van der Waals surface area contributed by atoms with E-state index in [-0.39, 0.29) is 5.91 Å². The molecule has 0 fully saturated rings. The molecule has 0 aliphatic heterocycles. The fraction of sp³-hybridized carbons (Fsp3) is 0.312. The van der Waals surface area contributed by atoms with Crippen LogP contribution in [0.5, 0.6) is 0 Å². The summed E-state index contributed by atoms with van der Waals surface area (Å²) in [6.07, 6.45) is 4.68. The van der Waals surface area contributed by atoms with Gasteiger partial charge in [-0.1, -0.05) is 6.07 Å². The second kappa shape index (κ2) is 5.29. The first-order chi connectivity index (χ1) is 9.63. The number of hydrogen-bond acceptors (Lipinski definition) is 3. The number of carbonyl (C=O) groups is 1. The van der Waals surface area contributed by atoms with E-state index in [1.165, 1.54) is 23.3 Å².